The van der Waals surface area contributed by atoms with Crippen molar-refractivity contribution in [2.45, 2.75) is 482 Å². The molecule has 0 heterocycles. The third kappa shape index (κ3) is 68.5. The average molecular weight is 1160 g/mol. The summed E-state index contributed by atoms with van der Waals surface area (Å²) in [5.41, 5.74) is 0. The first kappa shape index (κ1) is 81.4. The molecular weight excluding hydrogens is 1000 g/mol. The summed E-state index contributed by atoms with van der Waals surface area (Å²) in [6.07, 6.45) is 97.9. The van der Waals surface area contributed by atoms with Crippen LogP contribution in [0.2, 0.25) is 0 Å². The van der Waals surface area contributed by atoms with Crippen molar-refractivity contribution in [2.75, 3.05) is 7.11 Å². The molecule has 0 aromatic carbocycles. The molecule has 0 amide bonds. The van der Waals surface area contributed by atoms with E-state index in [0.29, 0.717) is 18.9 Å². The number of aliphatic hydroxyl groups is 1. The quantitative estimate of drug-likeness (QED) is 0.0596. The van der Waals surface area contributed by atoms with Gasteiger partial charge in [0.05, 0.1) is 18.1 Å². The Balaban J connectivity index is 3.29. The zero-order valence-electron chi connectivity index (χ0n) is 57.1. The minimum Gasteiger partial charge on any atom is -0.481 e. The molecule has 82 heavy (non-hydrogen) atoms. The molecule has 0 bridgehead atoms. The van der Waals surface area contributed by atoms with Gasteiger partial charge in [0, 0.05) is 7.11 Å². The first-order valence-corrected chi connectivity index (χ1v) is 39.0. The van der Waals surface area contributed by atoms with Gasteiger partial charge >= 0.3 is 5.97 Å². The van der Waals surface area contributed by atoms with Gasteiger partial charge in [0.2, 0.25) is 0 Å². The summed E-state index contributed by atoms with van der Waals surface area (Å²) in [5, 5.41) is 20.5. The molecule has 0 radical (unpaired) electrons. The number of hydrogen-bond donors (Lipinski definition) is 2. The fraction of sp³-hybridized carbons (Fsp3) is 0.987. The largest absolute Gasteiger partial charge is 0.481 e. The van der Waals surface area contributed by atoms with Crippen molar-refractivity contribution in [3.05, 3.63) is 0 Å². The number of rotatable bonds is 75. The van der Waals surface area contributed by atoms with Gasteiger partial charge in [-0.1, -0.05) is 444 Å². The summed E-state index contributed by atoms with van der Waals surface area (Å²) in [6.45, 7) is 4.49. The highest BCUT2D eigenvalue weighted by Gasteiger charge is 2.25. The van der Waals surface area contributed by atoms with Crippen LogP contribution < -0.4 is 0 Å². The molecule has 4 nitrogen and oxygen atoms in total. The van der Waals surface area contributed by atoms with E-state index in [1.165, 1.54) is 417 Å². The summed E-state index contributed by atoms with van der Waals surface area (Å²) in [7, 11) is 1.83. The lowest BCUT2D eigenvalue weighted by Crippen LogP contribution is -2.28. The van der Waals surface area contributed by atoms with E-state index >= 15 is 0 Å². The summed E-state index contributed by atoms with van der Waals surface area (Å²) in [6, 6.07) is 0. The van der Waals surface area contributed by atoms with Crippen LogP contribution in [-0.4, -0.2) is 35.5 Å². The van der Waals surface area contributed by atoms with Crippen LogP contribution in [0.15, 0.2) is 0 Å². The lowest BCUT2D eigenvalue weighted by Gasteiger charge is -2.19. The normalized spacial score (nSPS) is 12.9. The van der Waals surface area contributed by atoms with Crippen LogP contribution in [0, 0.1) is 5.92 Å². The Morgan fingerprint density at radius 2 is 0.402 bits per heavy atom. The number of carboxylic acids is 1. The van der Waals surface area contributed by atoms with Gasteiger partial charge in [-0.25, -0.2) is 0 Å². The van der Waals surface area contributed by atoms with Gasteiger partial charge < -0.3 is 14.9 Å². The van der Waals surface area contributed by atoms with Gasteiger partial charge in [-0.3, -0.25) is 4.79 Å². The lowest BCUT2D eigenvalue weighted by atomic mass is 9.91. The second-order valence-corrected chi connectivity index (χ2v) is 27.6. The number of aliphatic hydroxyl groups excluding tert-OH is 1. The maximum atomic E-state index is 11.9. The average Bonchev–Trinajstić information content (AvgIpc) is 3.47. The van der Waals surface area contributed by atoms with Gasteiger partial charge in [-0.15, -0.1) is 0 Å². The number of carboxylic acid groups (broad SMARTS) is 1. The third-order valence-electron chi connectivity index (χ3n) is 19.4. The molecule has 0 spiro atoms. The van der Waals surface area contributed by atoms with E-state index in [2.05, 4.69) is 13.8 Å². The highest BCUT2D eigenvalue weighted by Crippen LogP contribution is 2.23. The van der Waals surface area contributed by atoms with Crippen LogP contribution in [-0.2, 0) is 9.53 Å². The second-order valence-electron chi connectivity index (χ2n) is 27.6. The smallest absolute Gasteiger partial charge is 0.309 e. The Morgan fingerprint density at radius 1 is 0.256 bits per heavy atom. The molecule has 0 fully saturated rings. The van der Waals surface area contributed by atoms with Crippen molar-refractivity contribution in [3.63, 3.8) is 0 Å². The van der Waals surface area contributed by atoms with Gasteiger partial charge in [-0.05, 0) is 26.2 Å². The summed E-state index contributed by atoms with van der Waals surface area (Å²) < 4.78 is 5.34. The molecule has 492 valence electrons. The predicted octanol–water partition coefficient (Wildman–Crippen LogP) is 27.8. The van der Waals surface area contributed by atoms with Gasteiger partial charge in [0.15, 0.2) is 0 Å². The van der Waals surface area contributed by atoms with E-state index in [9.17, 15) is 15.0 Å². The fourth-order valence-corrected chi connectivity index (χ4v) is 13.3. The summed E-state index contributed by atoms with van der Waals surface area (Å²) in [5.74, 6) is -1.38. The molecule has 4 heteroatoms. The van der Waals surface area contributed by atoms with Crippen molar-refractivity contribution < 1.29 is 19.7 Å². The topological polar surface area (TPSA) is 66.8 Å². The van der Waals surface area contributed by atoms with Crippen LogP contribution in [0.5, 0.6) is 0 Å². The number of carbonyl (C=O) groups is 1. The van der Waals surface area contributed by atoms with Crippen molar-refractivity contribution in [1.29, 1.82) is 0 Å². The van der Waals surface area contributed by atoms with E-state index in [1.807, 2.05) is 7.11 Å². The van der Waals surface area contributed by atoms with E-state index in [1.54, 1.807) is 0 Å². The molecule has 0 aromatic heterocycles. The molecule has 0 saturated heterocycles. The molecule has 0 aliphatic carbocycles. The SMILES string of the molecule is CCCCCCCCCCCCCCCCCCCCCCCCC(C(=O)O)C(O)CCCCCCCCCCCCCCCCCCCCCCCCCCCCCCCCCCCCCCCCCCCCCCCCC(C)OC. The van der Waals surface area contributed by atoms with E-state index < -0.39 is 18.0 Å². The van der Waals surface area contributed by atoms with Crippen LogP contribution in [0.25, 0.3) is 0 Å². The highest BCUT2D eigenvalue weighted by atomic mass is 16.5. The molecule has 3 unspecified atom stereocenters. The van der Waals surface area contributed by atoms with E-state index in [-0.39, 0.29) is 0 Å². The van der Waals surface area contributed by atoms with Gasteiger partial charge in [0.1, 0.15) is 0 Å². The molecule has 0 rings (SSSR count). The molecule has 0 aromatic rings. The second kappa shape index (κ2) is 72.9. The Bertz CT molecular complexity index is 1140. The number of hydrogen-bond acceptors (Lipinski definition) is 3. The van der Waals surface area contributed by atoms with E-state index in [4.69, 9.17) is 4.74 Å². The summed E-state index contributed by atoms with van der Waals surface area (Å²) >= 11 is 0. The van der Waals surface area contributed by atoms with Crippen molar-refractivity contribution in [1.82, 2.24) is 0 Å². The monoisotopic (exact) mass is 1160 g/mol. The Labute approximate surface area is 518 Å². The number of methoxy groups -OCH3 is 1. The van der Waals surface area contributed by atoms with Crippen LogP contribution in [0.4, 0.5) is 0 Å². The zero-order valence-corrected chi connectivity index (χ0v) is 57.1. The standard InChI is InChI=1S/C78H156O4/c1-4-5-6-7-8-9-10-11-12-13-14-15-43-46-49-52-55-58-61-64-67-70-73-76(78(80)81)77(79)74-71-68-65-62-59-56-53-50-47-44-41-39-37-35-33-31-29-27-25-23-21-19-17-16-18-20-22-24-26-28-30-32-34-36-38-40-42-45-48-51-54-57-60-63-66-69-72-75(2)82-3/h75-77,79H,4-74H2,1-3H3,(H,80,81). The molecule has 0 aliphatic heterocycles. The van der Waals surface area contributed by atoms with Crippen LogP contribution in [0.3, 0.4) is 0 Å². The fourth-order valence-electron chi connectivity index (χ4n) is 13.3. The Kier molecular flexibility index (Phi) is 72.3. The first-order chi connectivity index (χ1) is 40.5. The predicted molar refractivity (Wildman–Crippen MR) is 367 cm³/mol. The molecule has 0 saturated carbocycles. The van der Waals surface area contributed by atoms with Gasteiger partial charge in [-0.2, -0.15) is 0 Å². The van der Waals surface area contributed by atoms with Crippen LogP contribution >= 0.6 is 0 Å². The van der Waals surface area contributed by atoms with Crippen molar-refractivity contribution in [3.8, 4) is 0 Å². The van der Waals surface area contributed by atoms with Crippen molar-refractivity contribution in [2.24, 2.45) is 5.92 Å². The highest BCUT2D eigenvalue weighted by molar-refractivity contribution is 5.70. The molecule has 0 aliphatic rings. The van der Waals surface area contributed by atoms with Gasteiger partial charge in [0.25, 0.3) is 0 Å². The Hall–Kier alpha value is -0.610. The zero-order chi connectivity index (χ0) is 59.2. The maximum absolute atomic E-state index is 11.9. The minimum atomic E-state index is -0.798. The van der Waals surface area contributed by atoms with Crippen molar-refractivity contribution >= 4 is 5.97 Å². The van der Waals surface area contributed by atoms with E-state index in [0.717, 1.165) is 25.7 Å². The number of aliphatic carboxylic acids is 1. The summed E-state index contributed by atoms with van der Waals surface area (Å²) in [4.78, 5) is 11.9. The number of ether oxygens (including phenoxy) is 1. The maximum Gasteiger partial charge on any atom is 0.309 e. The molecular formula is C78H156O4. The van der Waals surface area contributed by atoms with Crippen LogP contribution in [0.1, 0.15) is 470 Å². The number of unbranched alkanes of at least 4 members (excludes halogenated alkanes) is 66. The minimum absolute atomic E-state index is 0.440. The first-order valence-electron chi connectivity index (χ1n) is 39.0. The third-order valence-corrected chi connectivity index (χ3v) is 19.4. The molecule has 3 atom stereocenters. The lowest BCUT2D eigenvalue weighted by molar-refractivity contribution is -0.146. The molecule has 2 N–H and O–H groups in total. The Morgan fingerprint density at radius 3 is 0.561 bits per heavy atom.